The molecule has 1 aliphatic heterocycles. The van der Waals surface area contributed by atoms with Gasteiger partial charge in [-0.05, 0) is 6.42 Å². The number of rotatable bonds is 4. The molecule has 0 aromatic carbocycles. The third kappa shape index (κ3) is 1.93. The van der Waals surface area contributed by atoms with Gasteiger partial charge in [0.15, 0.2) is 6.10 Å². The summed E-state index contributed by atoms with van der Waals surface area (Å²) in [5.41, 5.74) is 0. The van der Waals surface area contributed by atoms with Gasteiger partial charge in [0.1, 0.15) is 0 Å². The summed E-state index contributed by atoms with van der Waals surface area (Å²) >= 11 is 0. The molecular weight excluding hydrogens is 142 g/mol. The van der Waals surface area contributed by atoms with E-state index in [9.17, 15) is 4.79 Å². The van der Waals surface area contributed by atoms with Crippen molar-refractivity contribution in [3.8, 4) is 0 Å². The summed E-state index contributed by atoms with van der Waals surface area (Å²) in [6, 6.07) is 0. The number of carbonyl (C=O) groups excluding carboxylic acids is 1. The maximum absolute atomic E-state index is 11.0. The number of unbranched alkanes of at least 4 members (excludes halogenated alkanes) is 1. The Bertz CT molecular complexity index is 147. The second kappa shape index (κ2) is 3.72. The highest BCUT2D eigenvalue weighted by Gasteiger charge is 2.34. The van der Waals surface area contributed by atoms with E-state index < -0.39 is 0 Å². The first kappa shape index (κ1) is 8.53. The molecule has 1 amide bonds. The Morgan fingerprint density at radius 1 is 1.73 bits per heavy atom. The molecule has 3 heteroatoms. The van der Waals surface area contributed by atoms with Crippen molar-refractivity contribution in [2.75, 3.05) is 20.2 Å². The molecule has 0 spiro atoms. The Morgan fingerprint density at radius 3 is 2.91 bits per heavy atom. The largest absolute Gasteiger partial charge is 0.367 e. The highest BCUT2D eigenvalue weighted by molar-refractivity contribution is 5.86. The van der Waals surface area contributed by atoms with Crippen LogP contribution < -0.4 is 0 Å². The van der Waals surface area contributed by atoms with Gasteiger partial charge in [-0.3, -0.25) is 4.79 Å². The zero-order chi connectivity index (χ0) is 8.27. The van der Waals surface area contributed by atoms with Crippen molar-refractivity contribution < 1.29 is 9.53 Å². The van der Waals surface area contributed by atoms with E-state index in [0.717, 1.165) is 26.0 Å². The van der Waals surface area contributed by atoms with Gasteiger partial charge in [0.05, 0.1) is 6.54 Å². The summed E-state index contributed by atoms with van der Waals surface area (Å²) in [4.78, 5) is 12.6. The zero-order valence-electron chi connectivity index (χ0n) is 7.17. The Kier molecular flexibility index (Phi) is 2.88. The number of hydrogen-bond donors (Lipinski definition) is 0. The van der Waals surface area contributed by atoms with Gasteiger partial charge in [-0.15, -0.1) is 0 Å². The third-order valence-electron chi connectivity index (χ3n) is 1.91. The first-order chi connectivity index (χ1) is 5.25. The molecule has 11 heavy (non-hydrogen) atoms. The molecular formula is C8H15NO2. The van der Waals surface area contributed by atoms with Crippen LogP contribution in [0.3, 0.4) is 0 Å². The first-order valence-electron chi connectivity index (χ1n) is 4.12. The quantitative estimate of drug-likeness (QED) is 0.443. The molecule has 1 saturated heterocycles. The second-order valence-electron chi connectivity index (χ2n) is 2.93. The predicted molar refractivity (Wildman–Crippen MR) is 42.3 cm³/mol. The second-order valence-corrected chi connectivity index (χ2v) is 2.93. The lowest BCUT2D eigenvalue weighted by Crippen LogP contribution is -2.55. The number of hydrogen-bond acceptors (Lipinski definition) is 2. The molecule has 1 rings (SSSR count). The van der Waals surface area contributed by atoms with Crippen molar-refractivity contribution in [2.24, 2.45) is 0 Å². The summed E-state index contributed by atoms with van der Waals surface area (Å²) in [7, 11) is 1.79. The number of carbonyl (C=O) groups is 1. The lowest BCUT2D eigenvalue weighted by atomic mass is 10.2. The summed E-state index contributed by atoms with van der Waals surface area (Å²) in [6.45, 7) is 3.60. The summed E-state index contributed by atoms with van der Waals surface area (Å²) in [5, 5.41) is 0. The van der Waals surface area contributed by atoms with Crippen molar-refractivity contribution >= 4 is 5.91 Å². The Labute approximate surface area is 67.3 Å². The topological polar surface area (TPSA) is 29.5 Å². The van der Waals surface area contributed by atoms with Crippen LogP contribution in [0, 0.1) is 0 Å². The molecule has 0 aromatic rings. The average molecular weight is 157 g/mol. The molecule has 0 aliphatic carbocycles. The fourth-order valence-corrected chi connectivity index (χ4v) is 1.04. The van der Waals surface area contributed by atoms with E-state index in [4.69, 9.17) is 4.74 Å². The van der Waals surface area contributed by atoms with Crippen LogP contribution in [0.5, 0.6) is 0 Å². The molecule has 0 N–H and O–H groups in total. The molecule has 1 unspecified atom stereocenters. The van der Waals surface area contributed by atoms with Crippen LogP contribution in [-0.4, -0.2) is 37.1 Å². The molecule has 0 radical (unpaired) electrons. The molecule has 3 nitrogen and oxygen atoms in total. The number of β-lactam (4-membered cyclic amide) rings is 1. The third-order valence-corrected chi connectivity index (χ3v) is 1.91. The Morgan fingerprint density at radius 2 is 2.45 bits per heavy atom. The molecule has 0 saturated carbocycles. The standard InChI is InChI=1S/C8H15NO2/c1-3-4-5-11-7-6-9(2)8(7)10/h7H,3-6H2,1-2H3. The average Bonchev–Trinajstić information content (AvgIpc) is 2.03. The van der Waals surface area contributed by atoms with Gasteiger partial charge in [0, 0.05) is 13.7 Å². The maximum atomic E-state index is 11.0. The molecule has 0 aromatic heterocycles. The molecule has 0 bridgehead atoms. The minimum Gasteiger partial charge on any atom is -0.367 e. The zero-order valence-corrected chi connectivity index (χ0v) is 7.17. The van der Waals surface area contributed by atoms with Gasteiger partial charge >= 0.3 is 0 Å². The molecule has 1 aliphatic rings. The normalized spacial score (nSPS) is 23.6. The van der Waals surface area contributed by atoms with Crippen molar-refractivity contribution in [3.63, 3.8) is 0 Å². The van der Waals surface area contributed by atoms with E-state index in [1.165, 1.54) is 0 Å². The molecule has 64 valence electrons. The van der Waals surface area contributed by atoms with Gasteiger partial charge < -0.3 is 9.64 Å². The summed E-state index contributed by atoms with van der Waals surface area (Å²) in [6.07, 6.45) is 2.04. The predicted octanol–water partition coefficient (Wildman–Crippen LogP) is 0.644. The Balaban J connectivity index is 2.06. The van der Waals surface area contributed by atoms with Gasteiger partial charge in [-0.1, -0.05) is 13.3 Å². The van der Waals surface area contributed by atoms with Crippen LogP contribution in [0.15, 0.2) is 0 Å². The van der Waals surface area contributed by atoms with Crippen LogP contribution in [0.25, 0.3) is 0 Å². The van der Waals surface area contributed by atoms with Crippen LogP contribution in [0.1, 0.15) is 19.8 Å². The van der Waals surface area contributed by atoms with Gasteiger partial charge in [-0.2, -0.15) is 0 Å². The number of likely N-dealkylation sites (tertiary alicyclic amines) is 1. The minimum absolute atomic E-state index is 0.126. The van der Waals surface area contributed by atoms with Crippen molar-refractivity contribution in [2.45, 2.75) is 25.9 Å². The number of likely N-dealkylation sites (N-methyl/N-ethyl adjacent to an activating group) is 1. The Hall–Kier alpha value is -0.570. The van der Waals surface area contributed by atoms with E-state index in [-0.39, 0.29) is 12.0 Å². The minimum atomic E-state index is -0.133. The van der Waals surface area contributed by atoms with Gasteiger partial charge in [0.2, 0.25) is 0 Å². The fourth-order valence-electron chi connectivity index (χ4n) is 1.04. The van der Waals surface area contributed by atoms with Crippen LogP contribution in [-0.2, 0) is 9.53 Å². The summed E-state index contributed by atoms with van der Waals surface area (Å²) < 4.78 is 5.31. The molecule has 1 fully saturated rings. The van der Waals surface area contributed by atoms with E-state index in [2.05, 4.69) is 6.92 Å². The maximum Gasteiger partial charge on any atom is 0.253 e. The van der Waals surface area contributed by atoms with E-state index >= 15 is 0 Å². The molecule has 1 atom stereocenters. The van der Waals surface area contributed by atoms with E-state index in [1.54, 1.807) is 11.9 Å². The van der Waals surface area contributed by atoms with Crippen LogP contribution in [0.2, 0.25) is 0 Å². The van der Waals surface area contributed by atoms with E-state index in [1.807, 2.05) is 0 Å². The van der Waals surface area contributed by atoms with Crippen LogP contribution >= 0.6 is 0 Å². The van der Waals surface area contributed by atoms with Crippen LogP contribution in [0.4, 0.5) is 0 Å². The van der Waals surface area contributed by atoms with E-state index in [0.29, 0.717) is 0 Å². The number of nitrogens with zero attached hydrogens (tertiary/aromatic N) is 1. The number of ether oxygens (including phenoxy) is 1. The fraction of sp³-hybridized carbons (Fsp3) is 0.875. The van der Waals surface area contributed by atoms with Gasteiger partial charge in [-0.25, -0.2) is 0 Å². The monoisotopic (exact) mass is 157 g/mol. The van der Waals surface area contributed by atoms with Crippen molar-refractivity contribution in [3.05, 3.63) is 0 Å². The highest BCUT2D eigenvalue weighted by Crippen LogP contribution is 2.10. The van der Waals surface area contributed by atoms with Crippen molar-refractivity contribution in [1.29, 1.82) is 0 Å². The summed E-state index contributed by atoms with van der Waals surface area (Å²) in [5.74, 6) is 0.126. The molecule has 1 heterocycles. The highest BCUT2D eigenvalue weighted by atomic mass is 16.5. The lowest BCUT2D eigenvalue weighted by Gasteiger charge is -2.34. The first-order valence-corrected chi connectivity index (χ1v) is 4.12. The number of amides is 1. The van der Waals surface area contributed by atoms with Gasteiger partial charge in [0.25, 0.3) is 5.91 Å². The smallest absolute Gasteiger partial charge is 0.253 e. The van der Waals surface area contributed by atoms with Crippen molar-refractivity contribution in [1.82, 2.24) is 4.90 Å². The SMILES string of the molecule is CCCCOC1CN(C)C1=O. The lowest BCUT2D eigenvalue weighted by molar-refractivity contribution is -0.159.